The summed E-state index contributed by atoms with van der Waals surface area (Å²) in [6.07, 6.45) is 73.1. The molecule has 0 aliphatic heterocycles. The molecule has 17 nitrogen and oxygen atoms in total. The van der Waals surface area contributed by atoms with Crippen LogP contribution in [0, 0.1) is 11.8 Å². The molecule has 19 heteroatoms. The fourth-order valence-electron chi connectivity index (χ4n) is 13.1. The van der Waals surface area contributed by atoms with Crippen LogP contribution in [0.1, 0.15) is 440 Å². The number of phosphoric ester groups is 2. The molecule has 2 unspecified atom stereocenters. The minimum atomic E-state index is -4.97. The second-order valence-electron chi connectivity index (χ2n) is 31.5. The van der Waals surface area contributed by atoms with E-state index >= 15 is 0 Å². The number of carbonyl (C=O) groups is 4. The minimum Gasteiger partial charge on any atom is -0.462 e. The van der Waals surface area contributed by atoms with Crippen LogP contribution in [0.4, 0.5) is 0 Å². The molecule has 0 spiro atoms. The lowest BCUT2D eigenvalue weighted by Gasteiger charge is -2.21. The maximum absolute atomic E-state index is 13.2. The quantitative estimate of drug-likeness (QED) is 0.0169. The van der Waals surface area contributed by atoms with Crippen LogP contribution in [0.5, 0.6) is 0 Å². The Morgan fingerprint density at radius 1 is 0.292 bits per heavy atom. The standard InChI is InChI=1S/C87H166O17P2/c1-7-9-11-13-15-17-19-21-23-24-25-29-33-36-40-44-51-57-63-69-84(89)97-75-82(103-86(91)72-66-60-54-46-42-38-34-30-27-26-28-32-35-39-43-49-55-61-67-79(3)4)77-101-105(93,94)99-73-81(88)74-100-106(95,96)102-78-83(76-98-85(90)70-64-58-52-48-47-50-56-62-68-80(5)6)104-87(92)71-65-59-53-45-41-37-31-22-20-18-16-14-12-10-8-2/h18,20,22,31,79-83,88H,7-17,19,21,23-30,32-78H2,1-6H3,(H,93,94)(H,95,96)/b20-18-,31-22-/t81-,82-,83-/m1/s1. The molecule has 3 N–H and O–H groups in total. The Labute approximate surface area is 650 Å². The summed E-state index contributed by atoms with van der Waals surface area (Å²) in [6, 6.07) is 0. The molecule has 106 heavy (non-hydrogen) atoms. The van der Waals surface area contributed by atoms with Crippen molar-refractivity contribution in [2.45, 2.75) is 458 Å². The zero-order valence-electron chi connectivity index (χ0n) is 69.2. The third-order valence-electron chi connectivity index (χ3n) is 19.8. The van der Waals surface area contributed by atoms with Crippen molar-refractivity contribution < 1.29 is 80.2 Å². The van der Waals surface area contributed by atoms with Crippen molar-refractivity contribution in [2.75, 3.05) is 39.6 Å². The Morgan fingerprint density at radius 2 is 0.509 bits per heavy atom. The maximum atomic E-state index is 13.2. The first-order valence-corrected chi connectivity index (χ1v) is 47.3. The number of rotatable bonds is 84. The average Bonchev–Trinajstić information content (AvgIpc) is 0.910. The van der Waals surface area contributed by atoms with E-state index < -0.39 is 97.5 Å². The number of carbonyl (C=O) groups excluding carboxylic acids is 4. The smallest absolute Gasteiger partial charge is 0.462 e. The van der Waals surface area contributed by atoms with Crippen molar-refractivity contribution in [3.05, 3.63) is 24.3 Å². The van der Waals surface area contributed by atoms with Gasteiger partial charge in [-0.15, -0.1) is 0 Å². The van der Waals surface area contributed by atoms with E-state index in [1.807, 2.05) is 0 Å². The predicted octanol–water partition coefficient (Wildman–Crippen LogP) is 26.2. The van der Waals surface area contributed by atoms with E-state index in [4.69, 9.17) is 37.0 Å². The molecule has 626 valence electrons. The van der Waals surface area contributed by atoms with E-state index in [-0.39, 0.29) is 25.7 Å². The Kier molecular flexibility index (Phi) is 76.0. The van der Waals surface area contributed by atoms with Gasteiger partial charge in [0.15, 0.2) is 12.2 Å². The molecule has 0 bridgehead atoms. The number of aliphatic hydroxyl groups is 1. The van der Waals surface area contributed by atoms with Gasteiger partial charge >= 0.3 is 39.5 Å². The lowest BCUT2D eigenvalue weighted by atomic mass is 10.0. The van der Waals surface area contributed by atoms with Gasteiger partial charge < -0.3 is 33.8 Å². The maximum Gasteiger partial charge on any atom is 0.472 e. The highest BCUT2D eigenvalue weighted by atomic mass is 31.2. The van der Waals surface area contributed by atoms with E-state index in [0.29, 0.717) is 25.7 Å². The summed E-state index contributed by atoms with van der Waals surface area (Å²) < 4.78 is 68.9. The predicted molar refractivity (Wildman–Crippen MR) is 437 cm³/mol. The first-order chi connectivity index (χ1) is 51.4. The molecule has 0 aliphatic carbocycles. The monoisotopic (exact) mass is 1550 g/mol. The van der Waals surface area contributed by atoms with E-state index in [1.54, 1.807) is 0 Å². The Morgan fingerprint density at radius 3 is 0.774 bits per heavy atom. The summed E-state index contributed by atoms with van der Waals surface area (Å²) in [5.41, 5.74) is 0. The first-order valence-electron chi connectivity index (χ1n) is 44.3. The molecule has 0 aromatic carbocycles. The number of phosphoric acid groups is 2. The van der Waals surface area contributed by atoms with Crippen LogP contribution < -0.4 is 0 Å². The van der Waals surface area contributed by atoms with E-state index in [2.05, 4.69) is 65.8 Å². The highest BCUT2D eigenvalue weighted by Gasteiger charge is 2.30. The molecular weight excluding hydrogens is 1380 g/mol. The molecular formula is C87H166O17P2. The van der Waals surface area contributed by atoms with Crippen molar-refractivity contribution in [1.82, 2.24) is 0 Å². The van der Waals surface area contributed by atoms with Gasteiger partial charge in [-0.3, -0.25) is 37.3 Å². The number of aliphatic hydroxyl groups excluding tert-OH is 1. The summed E-state index contributed by atoms with van der Waals surface area (Å²) in [7, 11) is -9.94. The lowest BCUT2D eigenvalue weighted by Crippen LogP contribution is -2.30. The van der Waals surface area contributed by atoms with Crippen molar-refractivity contribution in [2.24, 2.45) is 11.8 Å². The van der Waals surface area contributed by atoms with Crippen molar-refractivity contribution in [1.29, 1.82) is 0 Å². The van der Waals surface area contributed by atoms with Crippen LogP contribution in [-0.4, -0.2) is 96.7 Å². The fourth-order valence-corrected chi connectivity index (χ4v) is 14.6. The summed E-state index contributed by atoms with van der Waals surface area (Å²) in [4.78, 5) is 73.2. The number of hydrogen-bond acceptors (Lipinski definition) is 15. The van der Waals surface area contributed by atoms with E-state index in [9.17, 15) is 43.2 Å². The zero-order chi connectivity index (χ0) is 77.8. The SMILES string of the molecule is CCCCCC/C=C\C=C/CCCCCCCC(=O)O[C@H](COC(=O)CCCCCCCCCCC(C)C)COP(=O)(O)OC[C@H](O)COP(=O)(O)OC[C@@H](COC(=O)CCCCCCCCCCCCCCCCCCCCC)OC(=O)CCCCCCCCCCCCCCCCCCCCC(C)C. The zero-order valence-corrected chi connectivity index (χ0v) is 71.0. The number of hydrogen-bond donors (Lipinski definition) is 3. The number of ether oxygens (including phenoxy) is 4. The largest absolute Gasteiger partial charge is 0.472 e. The number of unbranched alkanes of at least 4 members (excludes halogenated alkanes) is 51. The Bertz CT molecular complexity index is 2120. The van der Waals surface area contributed by atoms with Crippen molar-refractivity contribution in [3.8, 4) is 0 Å². The molecule has 0 amide bonds. The van der Waals surface area contributed by atoms with Gasteiger partial charge in [0, 0.05) is 25.7 Å². The van der Waals surface area contributed by atoms with Gasteiger partial charge in [-0.25, -0.2) is 9.13 Å². The molecule has 5 atom stereocenters. The van der Waals surface area contributed by atoms with Crippen LogP contribution in [0.25, 0.3) is 0 Å². The van der Waals surface area contributed by atoms with Crippen LogP contribution in [0.15, 0.2) is 24.3 Å². The second-order valence-corrected chi connectivity index (χ2v) is 34.5. The van der Waals surface area contributed by atoms with Crippen molar-refractivity contribution >= 4 is 39.5 Å². The van der Waals surface area contributed by atoms with Crippen LogP contribution >= 0.6 is 15.6 Å². The fraction of sp³-hybridized carbons (Fsp3) is 0.908. The summed E-state index contributed by atoms with van der Waals surface area (Å²) in [6.45, 7) is 9.60. The average molecular weight is 1550 g/mol. The van der Waals surface area contributed by atoms with E-state index in [0.717, 1.165) is 121 Å². The normalized spacial score (nSPS) is 14.0. The second kappa shape index (κ2) is 77.8. The minimum absolute atomic E-state index is 0.0848. The molecule has 0 aromatic heterocycles. The van der Waals surface area contributed by atoms with Gasteiger partial charge in [-0.05, 0) is 63.2 Å². The van der Waals surface area contributed by atoms with Gasteiger partial charge in [0.1, 0.15) is 19.3 Å². The third kappa shape index (κ3) is 79.6. The molecule has 0 fully saturated rings. The Balaban J connectivity index is 5.26. The highest BCUT2D eigenvalue weighted by molar-refractivity contribution is 7.47. The van der Waals surface area contributed by atoms with Gasteiger partial charge in [0.05, 0.1) is 26.4 Å². The number of allylic oxidation sites excluding steroid dienone is 4. The number of esters is 4. The van der Waals surface area contributed by atoms with Crippen molar-refractivity contribution in [3.63, 3.8) is 0 Å². The van der Waals surface area contributed by atoms with Gasteiger partial charge in [0.25, 0.3) is 0 Å². The van der Waals surface area contributed by atoms with Crippen LogP contribution in [0.3, 0.4) is 0 Å². The van der Waals surface area contributed by atoms with Crippen LogP contribution in [-0.2, 0) is 65.4 Å². The molecule has 0 saturated carbocycles. The summed E-state index contributed by atoms with van der Waals surface area (Å²) in [5.74, 6) is -0.590. The third-order valence-corrected chi connectivity index (χ3v) is 21.7. The molecule has 0 rings (SSSR count). The molecule has 0 saturated heterocycles. The van der Waals surface area contributed by atoms with Gasteiger partial charge in [0.2, 0.25) is 0 Å². The summed E-state index contributed by atoms with van der Waals surface area (Å²) in [5, 5.41) is 10.7. The topological polar surface area (TPSA) is 237 Å². The van der Waals surface area contributed by atoms with Gasteiger partial charge in [-0.1, -0.05) is 387 Å². The molecule has 0 aliphatic rings. The highest BCUT2D eigenvalue weighted by Crippen LogP contribution is 2.45. The Hall–Kier alpha value is -2.46. The summed E-state index contributed by atoms with van der Waals surface area (Å²) >= 11 is 0. The molecule has 0 aromatic rings. The van der Waals surface area contributed by atoms with E-state index in [1.165, 1.54) is 238 Å². The first kappa shape index (κ1) is 104. The molecule has 0 radical (unpaired) electrons. The van der Waals surface area contributed by atoms with Crippen LogP contribution in [0.2, 0.25) is 0 Å². The van der Waals surface area contributed by atoms with Gasteiger partial charge in [-0.2, -0.15) is 0 Å². The lowest BCUT2D eigenvalue weighted by molar-refractivity contribution is -0.161. The molecule has 0 heterocycles.